The number of aromatic nitrogens is 2. The minimum absolute atomic E-state index is 0.0150. The Morgan fingerprint density at radius 2 is 2.05 bits per heavy atom. The molecule has 2 heterocycles. The van der Waals surface area contributed by atoms with E-state index in [2.05, 4.69) is 4.98 Å². The van der Waals surface area contributed by atoms with Crippen LogP contribution < -0.4 is 9.47 Å². The second-order valence-electron chi connectivity index (χ2n) is 4.46. The third kappa shape index (κ3) is 2.56. The van der Waals surface area contributed by atoms with Crippen LogP contribution in [0.25, 0.3) is 0 Å². The maximum absolute atomic E-state index is 9.17. The molecule has 0 radical (unpaired) electrons. The summed E-state index contributed by atoms with van der Waals surface area (Å²) in [5.74, 6) is 1.63. The lowest BCUT2D eigenvalue weighted by Gasteiger charge is -2.19. The van der Waals surface area contributed by atoms with Crippen LogP contribution in [0, 0.1) is 0 Å². The molecular weight excluding hydrogens is 244 g/mol. The fourth-order valence-corrected chi connectivity index (χ4v) is 2.17. The first-order valence-electron chi connectivity index (χ1n) is 6.35. The number of aliphatic hydroxyl groups is 1. The molecule has 0 amide bonds. The van der Waals surface area contributed by atoms with Gasteiger partial charge in [0.15, 0.2) is 11.5 Å². The Morgan fingerprint density at radius 3 is 2.89 bits per heavy atom. The van der Waals surface area contributed by atoms with Crippen molar-refractivity contribution in [2.45, 2.75) is 19.6 Å². The van der Waals surface area contributed by atoms with E-state index in [0.29, 0.717) is 13.2 Å². The van der Waals surface area contributed by atoms with Crippen molar-refractivity contribution >= 4 is 0 Å². The monoisotopic (exact) mass is 260 g/mol. The van der Waals surface area contributed by atoms with Crippen molar-refractivity contribution in [1.82, 2.24) is 9.55 Å². The lowest BCUT2D eigenvalue weighted by molar-refractivity contribution is 0.171. The average Bonchev–Trinajstić information content (AvgIpc) is 2.92. The van der Waals surface area contributed by atoms with Gasteiger partial charge in [0, 0.05) is 6.54 Å². The summed E-state index contributed by atoms with van der Waals surface area (Å²) >= 11 is 0. The molecule has 1 aliphatic heterocycles. The number of aliphatic hydroxyl groups excluding tert-OH is 1. The van der Waals surface area contributed by atoms with Crippen LogP contribution in [-0.4, -0.2) is 27.9 Å². The Morgan fingerprint density at radius 1 is 1.21 bits per heavy atom. The average molecular weight is 260 g/mol. The highest BCUT2D eigenvalue weighted by Crippen LogP contribution is 2.30. The van der Waals surface area contributed by atoms with Gasteiger partial charge in [0.1, 0.15) is 13.2 Å². The number of fused-ring (bicyclic) bond motifs is 1. The van der Waals surface area contributed by atoms with Gasteiger partial charge in [0.2, 0.25) is 0 Å². The molecule has 0 saturated heterocycles. The fraction of sp³-hybridized carbons (Fsp3) is 0.357. The van der Waals surface area contributed by atoms with Crippen molar-refractivity contribution in [3.63, 3.8) is 0 Å². The SMILES string of the molecule is OCc1cncn1CCc1ccc2c(c1)OCCO2. The highest BCUT2D eigenvalue weighted by atomic mass is 16.6. The van der Waals surface area contributed by atoms with Crippen molar-refractivity contribution in [2.75, 3.05) is 13.2 Å². The number of benzene rings is 1. The third-order valence-electron chi connectivity index (χ3n) is 3.21. The molecule has 1 aromatic carbocycles. The highest BCUT2D eigenvalue weighted by molar-refractivity contribution is 5.43. The second-order valence-corrected chi connectivity index (χ2v) is 4.46. The van der Waals surface area contributed by atoms with Gasteiger partial charge in [0.05, 0.1) is 24.8 Å². The van der Waals surface area contributed by atoms with Gasteiger partial charge in [0.25, 0.3) is 0 Å². The molecule has 0 atom stereocenters. The third-order valence-corrected chi connectivity index (χ3v) is 3.21. The van der Waals surface area contributed by atoms with Crippen LogP contribution in [0.4, 0.5) is 0 Å². The molecular formula is C14H16N2O3. The van der Waals surface area contributed by atoms with Gasteiger partial charge in [-0.1, -0.05) is 6.07 Å². The molecule has 1 aromatic heterocycles. The van der Waals surface area contributed by atoms with Crippen LogP contribution in [0.2, 0.25) is 0 Å². The molecule has 1 N–H and O–H groups in total. The van der Waals surface area contributed by atoms with Crippen LogP contribution in [0.3, 0.4) is 0 Å². The van der Waals surface area contributed by atoms with Gasteiger partial charge in [-0.3, -0.25) is 0 Å². The summed E-state index contributed by atoms with van der Waals surface area (Å²) in [6, 6.07) is 6.01. The van der Waals surface area contributed by atoms with E-state index in [4.69, 9.17) is 14.6 Å². The van der Waals surface area contributed by atoms with Gasteiger partial charge < -0.3 is 19.1 Å². The zero-order valence-corrected chi connectivity index (χ0v) is 10.6. The predicted molar refractivity (Wildman–Crippen MR) is 69.3 cm³/mol. The van der Waals surface area contributed by atoms with Gasteiger partial charge in [-0.2, -0.15) is 0 Å². The first kappa shape index (κ1) is 12.0. The first-order valence-corrected chi connectivity index (χ1v) is 6.35. The number of imidazole rings is 1. The molecule has 0 saturated carbocycles. The summed E-state index contributed by atoms with van der Waals surface area (Å²) in [6.45, 7) is 2.02. The maximum atomic E-state index is 9.17. The minimum Gasteiger partial charge on any atom is -0.486 e. The van der Waals surface area contributed by atoms with Crippen LogP contribution in [-0.2, 0) is 19.6 Å². The summed E-state index contributed by atoms with van der Waals surface area (Å²) in [6.07, 6.45) is 4.29. The van der Waals surface area contributed by atoms with Crippen molar-refractivity contribution in [2.24, 2.45) is 0 Å². The molecule has 0 unspecified atom stereocenters. The lowest BCUT2D eigenvalue weighted by Crippen LogP contribution is -2.15. The van der Waals surface area contributed by atoms with Gasteiger partial charge in [-0.05, 0) is 24.1 Å². The van der Waals surface area contributed by atoms with Crippen LogP contribution in [0.15, 0.2) is 30.7 Å². The van der Waals surface area contributed by atoms with Gasteiger partial charge in [-0.25, -0.2) is 4.98 Å². The summed E-state index contributed by atoms with van der Waals surface area (Å²) in [7, 11) is 0. The number of hydrogen-bond acceptors (Lipinski definition) is 4. The van der Waals surface area contributed by atoms with Gasteiger partial charge >= 0.3 is 0 Å². The van der Waals surface area contributed by atoms with E-state index in [1.165, 1.54) is 5.56 Å². The second kappa shape index (κ2) is 5.32. The largest absolute Gasteiger partial charge is 0.486 e. The van der Waals surface area contributed by atoms with E-state index in [1.807, 2.05) is 22.8 Å². The Labute approximate surface area is 111 Å². The van der Waals surface area contributed by atoms with Crippen molar-refractivity contribution in [3.8, 4) is 11.5 Å². The smallest absolute Gasteiger partial charge is 0.161 e. The number of nitrogens with zero attached hydrogens (tertiary/aromatic N) is 2. The van der Waals surface area contributed by atoms with Crippen molar-refractivity contribution in [3.05, 3.63) is 42.0 Å². The number of hydrogen-bond donors (Lipinski definition) is 1. The standard InChI is InChI=1S/C14H16N2O3/c17-9-12-8-15-10-16(12)4-3-11-1-2-13-14(7-11)19-6-5-18-13/h1-2,7-8,10,17H,3-6,9H2. The molecule has 2 aromatic rings. The molecule has 3 rings (SSSR count). The molecule has 0 aliphatic carbocycles. The topological polar surface area (TPSA) is 56.5 Å². The molecule has 0 fully saturated rings. The summed E-state index contributed by atoms with van der Waals surface area (Å²) < 4.78 is 13.0. The van der Waals surface area contributed by atoms with Crippen LogP contribution >= 0.6 is 0 Å². The molecule has 5 heteroatoms. The van der Waals surface area contributed by atoms with E-state index in [9.17, 15) is 0 Å². The lowest BCUT2D eigenvalue weighted by atomic mass is 10.1. The summed E-state index contributed by atoms with van der Waals surface area (Å²) in [5, 5.41) is 9.17. The molecule has 19 heavy (non-hydrogen) atoms. The zero-order valence-electron chi connectivity index (χ0n) is 10.6. The Balaban J connectivity index is 1.70. The summed E-state index contributed by atoms with van der Waals surface area (Å²) in [5.41, 5.74) is 2.01. The highest BCUT2D eigenvalue weighted by Gasteiger charge is 2.11. The van der Waals surface area contributed by atoms with E-state index >= 15 is 0 Å². The molecule has 1 aliphatic rings. The van der Waals surface area contributed by atoms with Crippen LogP contribution in [0.5, 0.6) is 11.5 Å². The number of rotatable bonds is 4. The Bertz CT molecular complexity index is 566. The fourth-order valence-electron chi connectivity index (χ4n) is 2.17. The van der Waals surface area contributed by atoms with E-state index in [-0.39, 0.29) is 6.61 Å². The Kier molecular flexibility index (Phi) is 3.37. The van der Waals surface area contributed by atoms with Crippen LogP contribution in [0.1, 0.15) is 11.3 Å². The quantitative estimate of drug-likeness (QED) is 0.902. The maximum Gasteiger partial charge on any atom is 0.161 e. The van der Waals surface area contributed by atoms with Gasteiger partial charge in [-0.15, -0.1) is 0 Å². The van der Waals surface area contributed by atoms with E-state index in [0.717, 1.165) is 30.2 Å². The Hall–Kier alpha value is -2.01. The number of ether oxygens (including phenoxy) is 2. The number of aryl methyl sites for hydroxylation is 2. The molecule has 100 valence electrons. The normalized spacial score (nSPS) is 13.5. The van der Waals surface area contributed by atoms with E-state index in [1.54, 1.807) is 12.5 Å². The van der Waals surface area contributed by atoms with E-state index < -0.39 is 0 Å². The zero-order chi connectivity index (χ0) is 13.1. The molecule has 0 bridgehead atoms. The summed E-state index contributed by atoms with van der Waals surface area (Å²) in [4.78, 5) is 4.03. The predicted octanol–water partition coefficient (Wildman–Crippen LogP) is 1.39. The molecule has 0 spiro atoms. The minimum atomic E-state index is 0.0150. The van der Waals surface area contributed by atoms with Crippen molar-refractivity contribution in [1.29, 1.82) is 0 Å². The molecule has 5 nitrogen and oxygen atoms in total. The van der Waals surface area contributed by atoms with Crippen molar-refractivity contribution < 1.29 is 14.6 Å². The first-order chi connectivity index (χ1) is 9.36.